The first-order valence-electron chi connectivity index (χ1n) is 4.37. The van der Waals surface area contributed by atoms with E-state index >= 15 is 0 Å². The van der Waals surface area contributed by atoms with Crippen molar-refractivity contribution in [1.82, 2.24) is 0 Å². The SMILES string of the molecule is Cc1ccc([C@@H](C)c2cccs2)o1. The third-order valence-electron chi connectivity index (χ3n) is 2.16. The number of furan rings is 1. The van der Waals surface area contributed by atoms with Gasteiger partial charge in [-0.15, -0.1) is 11.3 Å². The number of aryl methyl sites for hydroxylation is 1. The van der Waals surface area contributed by atoms with E-state index < -0.39 is 0 Å². The highest BCUT2D eigenvalue weighted by molar-refractivity contribution is 7.10. The van der Waals surface area contributed by atoms with Crippen LogP contribution in [0.2, 0.25) is 0 Å². The quantitative estimate of drug-likeness (QED) is 0.705. The highest BCUT2D eigenvalue weighted by Crippen LogP contribution is 2.28. The maximum absolute atomic E-state index is 5.58. The number of hydrogen-bond acceptors (Lipinski definition) is 2. The molecule has 0 saturated carbocycles. The first-order valence-corrected chi connectivity index (χ1v) is 5.25. The van der Waals surface area contributed by atoms with E-state index in [0.717, 1.165) is 11.5 Å². The highest BCUT2D eigenvalue weighted by Gasteiger charge is 2.12. The van der Waals surface area contributed by atoms with Crippen LogP contribution in [0.15, 0.2) is 34.1 Å². The molecule has 2 heterocycles. The summed E-state index contributed by atoms with van der Waals surface area (Å²) in [5.74, 6) is 2.42. The zero-order chi connectivity index (χ0) is 9.26. The van der Waals surface area contributed by atoms with Gasteiger partial charge in [0.25, 0.3) is 0 Å². The van der Waals surface area contributed by atoms with Crippen molar-refractivity contribution in [2.45, 2.75) is 19.8 Å². The summed E-state index contributed by atoms with van der Waals surface area (Å²) in [7, 11) is 0. The second-order valence-electron chi connectivity index (χ2n) is 3.19. The van der Waals surface area contributed by atoms with Crippen LogP contribution in [0.1, 0.15) is 29.2 Å². The lowest BCUT2D eigenvalue weighted by Gasteiger charge is -2.04. The molecule has 0 aromatic carbocycles. The predicted octanol–water partition coefficient (Wildman–Crippen LogP) is 3.80. The maximum atomic E-state index is 5.58. The van der Waals surface area contributed by atoms with Gasteiger partial charge < -0.3 is 4.42 Å². The van der Waals surface area contributed by atoms with Gasteiger partial charge in [-0.3, -0.25) is 0 Å². The zero-order valence-electron chi connectivity index (χ0n) is 7.78. The summed E-state index contributed by atoms with van der Waals surface area (Å²) in [6.45, 7) is 4.15. The summed E-state index contributed by atoms with van der Waals surface area (Å²) in [6.07, 6.45) is 0. The Kier molecular flexibility index (Phi) is 2.23. The van der Waals surface area contributed by atoms with Crippen LogP contribution in [0.25, 0.3) is 0 Å². The smallest absolute Gasteiger partial charge is 0.112 e. The minimum atomic E-state index is 0.383. The van der Waals surface area contributed by atoms with Crippen molar-refractivity contribution in [1.29, 1.82) is 0 Å². The summed E-state index contributed by atoms with van der Waals surface area (Å²) in [6, 6.07) is 8.29. The lowest BCUT2D eigenvalue weighted by molar-refractivity contribution is 0.473. The van der Waals surface area contributed by atoms with Gasteiger partial charge in [-0.25, -0.2) is 0 Å². The van der Waals surface area contributed by atoms with Gasteiger partial charge in [0.2, 0.25) is 0 Å². The van der Waals surface area contributed by atoms with Crippen LogP contribution in [0.3, 0.4) is 0 Å². The molecule has 0 N–H and O–H groups in total. The van der Waals surface area contributed by atoms with Gasteiger partial charge in [0.05, 0.1) is 0 Å². The molecule has 0 amide bonds. The normalized spacial score (nSPS) is 13.1. The van der Waals surface area contributed by atoms with Gasteiger partial charge in [-0.05, 0) is 30.5 Å². The Morgan fingerprint density at radius 3 is 2.69 bits per heavy atom. The van der Waals surface area contributed by atoms with Gasteiger partial charge >= 0.3 is 0 Å². The summed E-state index contributed by atoms with van der Waals surface area (Å²) in [5, 5.41) is 2.10. The molecule has 0 fully saturated rings. The molecule has 1 atom stereocenters. The average Bonchev–Trinajstić information content (AvgIpc) is 2.72. The first kappa shape index (κ1) is 8.57. The molecular weight excluding hydrogens is 180 g/mol. The molecule has 2 heteroatoms. The Morgan fingerprint density at radius 2 is 2.15 bits per heavy atom. The Hall–Kier alpha value is -1.02. The molecule has 0 bridgehead atoms. The minimum absolute atomic E-state index is 0.383. The van der Waals surface area contributed by atoms with Gasteiger partial charge in [0.1, 0.15) is 11.5 Å². The van der Waals surface area contributed by atoms with E-state index in [1.165, 1.54) is 4.88 Å². The summed E-state index contributed by atoms with van der Waals surface area (Å²) in [4.78, 5) is 1.36. The van der Waals surface area contributed by atoms with Crippen LogP contribution in [0, 0.1) is 6.92 Å². The van der Waals surface area contributed by atoms with E-state index in [1.54, 1.807) is 11.3 Å². The predicted molar refractivity (Wildman–Crippen MR) is 55.3 cm³/mol. The van der Waals surface area contributed by atoms with E-state index in [2.05, 4.69) is 30.5 Å². The summed E-state index contributed by atoms with van der Waals surface area (Å²) >= 11 is 1.78. The highest BCUT2D eigenvalue weighted by atomic mass is 32.1. The zero-order valence-corrected chi connectivity index (χ0v) is 8.60. The van der Waals surface area contributed by atoms with Crippen molar-refractivity contribution in [3.63, 3.8) is 0 Å². The van der Waals surface area contributed by atoms with E-state index in [0.29, 0.717) is 5.92 Å². The number of thiophene rings is 1. The molecule has 13 heavy (non-hydrogen) atoms. The molecule has 2 aromatic rings. The molecule has 0 radical (unpaired) electrons. The Morgan fingerprint density at radius 1 is 1.31 bits per heavy atom. The van der Waals surface area contributed by atoms with Gasteiger partial charge in [-0.2, -0.15) is 0 Å². The van der Waals surface area contributed by atoms with Crippen LogP contribution in [-0.2, 0) is 0 Å². The largest absolute Gasteiger partial charge is 0.466 e. The van der Waals surface area contributed by atoms with Gasteiger partial charge in [-0.1, -0.05) is 13.0 Å². The monoisotopic (exact) mass is 192 g/mol. The van der Waals surface area contributed by atoms with Crippen molar-refractivity contribution in [2.75, 3.05) is 0 Å². The fourth-order valence-electron chi connectivity index (χ4n) is 1.36. The Bertz CT molecular complexity index is 372. The summed E-state index contributed by atoms with van der Waals surface area (Å²) in [5.41, 5.74) is 0. The third-order valence-corrected chi connectivity index (χ3v) is 3.21. The minimum Gasteiger partial charge on any atom is -0.466 e. The Balaban J connectivity index is 2.28. The van der Waals surface area contributed by atoms with Crippen molar-refractivity contribution in [3.05, 3.63) is 46.0 Å². The lowest BCUT2D eigenvalue weighted by atomic mass is 10.1. The van der Waals surface area contributed by atoms with Gasteiger partial charge in [0, 0.05) is 10.8 Å². The Labute approximate surface area is 82.0 Å². The molecule has 2 aromatic heterocycles. The molecule has 0 saturated heterocycles. The van der Waals surface area contributed by atoms with Crippen LogP contribution >= 0.6 is 11.3 Å². The van der Waals surface area contributed by atoms with E-state index in [9.17, 15) is 0 Å². The van der Waals surface area contributed by atoms with Crippen LogP contribution in [0.4, 0.5) is 0 Å². The molecule has 0 aliphatic carbocycles. The fourth-order valence-corrected chi connectivity index (χ4v) is 2.16. The molecule has 0 aliphatic rings. The molecule has 2 rings (SSSR count). The van der Waals surface area contributed by atoms with Crippen molar-refractivity contribution >= 4 is 11.3 Å². The summed E-state index contributed by atoms with van der Waals surface area (Å²) < 4.78 is 5.58. The molecule has 68 valence electrons. The van der Waals surface area contributed by atoms with Crippen LogP contribution in [-0.4, -0.2) is 0 Å². The standard InChI is InChI=1S/C11H12OS/c1-8-5-6-10(12-8)9(2)11-4-3-7-13-11/h3-7,9H,1-2H3/t9-/m1/s1. The van der Waals surface area contributed by atoms with E-state index in [1.807, 2.05) is 13.0 Å². The molecule has 0 unspecified atom stereocenters. The van der Waals surface area contributed by atoms with E-state index in [4.69, 9.17) is 4.42 Å². The average molecular weight is 192 g/mol. The topological polar surface area (TPSA) is 13.1 Å². The molecule has 0 aliphatic heterocycles. The van der Waals surface area contributed by atoms with E-state index in [-0.39, 0.29) is 0 Å². The first-order chi connectivity index (χ1) is 6.27. The number of rotatable bonds is 2. The third kappa shape index (κ3) is 1.68. The van der Waals surface area contributed by atoms with Crippen molar-refractivity contribution in [3.8, 4) is 0 Å². The maximum Gasteiger partial charge on any atom is 0.112 e. The number of hydrogen-bond donors (Lipinski definition) is 0. The second kappa shape index (κ2) is 3.38. The lowest BCUT2D eigenvalue weighted by Crippen LogP contribution is -1.89. The van der Waals surface area contributed by atoms with Crippen molar-refractivity contribution in [2.24, 2.45) is 0 Å². The molecular formula is C11H12OS. The van der Waals surface area contributed by atoms with Crippen LogP contribution < -0.4 is 0 Å². The van der Waals surface area contributed by atoms with Crippen LogP contribution in [0.5, 0.6) is 0 Å². The second-order valence-corrected chi connectivity index (χ2v) is 4.16. The van der Waals surface area contributed by atoms with Gasteiger partial charge in [0.15, 0.2) is 0 Å². The van der Waals surface area contributed by atoms with Crippen molar-refractivity contribution < 1.29 is 4.42 Å². The molecule has 1 nitrogen and oxygen atoms in total. The molecule has 0 spiro atoms. The fraction of sp³-hybridized carbons (Fsp3) is 0.273.